The second-order valence-corrected chi connectivity index (χ2v) is 15.9. The van der Waals surface area contributed by atoms with Crippen LogP contribution in [0.1, 0.15) is 36.3 Å². The van der Waals surface area contributed by atoms with Gasteiger partial charge in [0.25, 0.3) is 5.69 Å². The number of nitro groups is 1. The standard InChI is InChI=1S/C29H31Cl2N3O6S2/c1-32(42(39,40)24-9-7-23(8-10-24)34(35)36)19-22(21-6-11-26(30)27(31)18-21)12-15-33-16-13-29(14-17-33)20-41(37,38)28-5-3-2-4-25(28)29/h2-11,18,22H,12-17,19-20H2,1H3/t22-/m1/s1. The first-order valence-electron chi connectivity index (χ1n) is 13.5. The number of hydrogen-bond acceptors (Lipinski definition) is 7. The number of likely N-dealkylation sites (tertiary alicyclic amines) is 1. The van der Waals surface area contributed by atoms with Crippen LogP contribution in [-0.2, 0) is 25.3 Å². The molecule has 5 rings (SSSR count). The number of likely N-dealkylation sites (N-methyl/N-ethyl adjacent to an activating group) is 1. The van der Waals surface area contributed by atoms with E-state index in [-0.39, 0.29) is 34.2 Å². The molecule has 1 spiro atoms. The lowest BCUT2D eigenvalue weighted by Gasteiger charge is -2.39. The van der Waals surface area contributed by atoms with Crippen LogP contribution in [0.15, 0.2) is 76.5 Å². The lowest BCUT2D eigenvalue weighted by atomic mass is 9.74. The van der Waals surface area contributed by atoms with E-state index >= 15 is 0 Å². The van der Waals surface area contributed by atoms with Gasteiger partial charge in [-0.1, -0.05) is 47.5 Å². The molecule has 0 amide bonds. The topological polar surface area (TPSA) is 118 Å². The van der Waals surface area contributed by atoms with Crippen molar-refractivity contribution in [3.05, 3.63) is 98.0 Å². The normalized spacial score (nSPS) is 18.7. The number of nitro benzene ring substituents is 1. The average Bonchev–Trinajstić information content (AvgIpc) is 3.19. The van der Waals surface area contributed by atoms with Gasteiger partial charge in [0.05, 0.1) is 30.5 Å². The van der Waals surface area contributed by atoms with Gasteiger partial charge in [-0.2, -0.15) is 0 Å². The number of nitrogens with zero attached hydrogens (tertiary/aromatic N) is 3. The molecule has 13 heteroatoms. The number of fused-ring (bicyclic) bond motifs is 2. The van der Waals surface area contributed by atoms with Gasteiger partial charge in [-0.15, -0.1) is 0 Å². The maximum atomic E-state index is 13.4. The Morgan fingerprint density at radius 2 is 1.69 bits per heavy atom. The predicted molar refractivity (Wildman–Crippen MR) is 163 cm³/mol. The molecule has 3 aromatic rings. The van der Waals surface area contributed by atoms with Crippen LogP contribution in [0, 0.1) is 10.1 Å². The second kappa shape index (κ2) is 11.9. The molecule has 2 aliphatic rings. The van der Waals surface area contributed by atoms with Crippen LogP contribution in [0.5, 0.6) is 0 Å². The number of rotatable bonds is 9. The highest BCUT2D eigenvalue weighted by atomic mass is 35.5. The van der Waals surface area contributed by atoms with E-state index in [9.17, 15) is 26.9 Å². The molecule has 1 atom stereocenters. The van der Waals surface area contributed by atoms with Crippen molar-refractivity contribution >= 4 is 48.7 Å². The average molecular weight is 653 g/mol. The minimum Gasteiger partial charge on any atom is -0.303 e. The SMILES string of the molecule is CN(C[C@@H](CCN1CCC2(CC1)CS(=O)(=O)c1ccccc12)c1ccc(Cl)c(Cl)c1)S(=O)(=O)c1ccc([N+](=O)[O-])cc1. The summed E-state index contributed by atoms with van der Waals surface area (Å²) in [5, 5.41) is 11.8. The zero-order valence-electron chi connectivity index (χ0n) is 22.9. The van der Waals surface area contributed by atoms with Crippen LogP contribution in [-0.4, -0.2) is 69.9 Å². The lowest BCUT2D eigenvalue weighted by molar-refractivity contribution is -0.384. The molecule has 224 valence electrons. The molecule has 1 fully saturated rings. The predicted octanol–water partition coefficient (Wildman–Crippen LogP) is 5.52. The van der Waals surface area contributed by atoms with E-state index in [1.165, 1.54) is 35.6 Å². The molecule has 2 aliphatic heterocycles. The molecule has 9 nitrogen and oxygen atoms in total. The van der Waals surface area contributed by atoms with Crippen molar-refractivity contribution < 1.29 is 21.8 Å². The molecule has 0 unspecified atom stereocenters. The third-order valence-electron chi connectivity index (χ3n) is 8.52. The maximum Gasteiger partial charge on any atom is 0.269 e. The van der Waals surface area contributed by atoms with Gasteiger partial charge >= 0.3 is 0 Å². The molecule has 3 aromatic carbocycles. The van der Waals surface area contributed by atoms with Gasteiger partial charge in [0.1, 0.15) is 0 Å². The quantitative estimate of drug-likeness (QED) is 0.221. The Labute approximate surface area is 256 Å². The number of hydrogen-bond donors (Lipinski definition) is 0. The Morgan fingerprint density at radius 3 is 2.33 bits per heavy atom. The fourth-order valence-electron chi connectivity index (χ4n) is 6.11. The van der Waals surface area contributed by atoms with E-state index in [4.69, 9.17) is 23.2 Å². The summed E-state index contributed by atoms with van der Waals surface area (Å²) in [6.45, 7) is 2.30. The summed E-state index contributed by atoms with van der Waals surface area (Å²) in [6.07, 6.45) is 2.09. The number of sulfone groups is 1. The van der Waals surface area contributed by atoms with Crippen LogP contribution in [0.2, 0.25) is 10.0 Å². The number of piperidine rings is 1. The molecule has 0 bridgehead atoms. The number of halogens is 2. The molecule has 0 N–H and O–H groups in total. The summed E-state index contributed by atoms with van der Waals surface area (Å²) in [6, 6.07) is 17.4. The van der Waals surface area contributed by atoms with E-state index < -0.39 is 24.8 Å². The Morgan fingerprint density at radius 1 is 1.02 bits per heavy atom. The number of non-ortho nitro benzene ring substituents is 1. The third kappa shape index (κ3) is 6.09. The summed E-state index contributed by atoms with van der Waals surface area (Å²) in [7, 11) is -5.72. The van der Waals surface area contributed by atoms with Gasteiger partial charge in [-0.05, 0) is 86.3 Å². The fourth-order valence-corrected chi connectivity index (χ4v) is 9.87. The highest BCUT2D eigenvalue weighted by Gasteiger charge is 2.48. The summed E-state index contributed by atoms with van der Waals surface area (Å²) in [5.41, 5.74) is 1.22. The van der Waals surface area contributed by atoms with Crippen LogP contribution in [0.25, 0.3) is 0 Å². The van der Waals surface area contributed by atoms with Gasteiger partial charge in [0.2, 0.25) is 10.0 Å². The van der Waals surface area contributed by atoms with E-state index in [0.29, 0.717) is 27.9 Å². The van der Waals surface area contributed by atoms with E-state index in [2.05, 4.69) is 4.90 Å². The minimum absolute atomic E-state index is 0.0309. The monoisotopic (exact) mass is 651 g/mol. The largest absolute Gasteiger partial charge is 0.303 e. The molecule has 42 heavy (non-hydrogen) atoms. The zero-order chi connectivity index (χ0) is 30.3. The van der Waals surface area contributed by atoms with Crippen molar-refractivity contribution in [2.45, 2.75) is 40.4 Å². The first kappa shape index (κ1) is 30.9. The van der Waals surface area contributed by atoms with Crippen molar-refractivity contribution in [2.24, 2.45) is 0 Å². The fraction of sp³-hybridized carbons (Fsp3) is 0.379. The summed E-state index contributed by atoms with van der Waals surface area (Å²) in [4.78, 5) is 13.1. The highest BCUT2D eigenvalue weighted by Crippen LogP contribution is 2.46. The van der Waals surface area contributed by atoms with Crippen molar-refractivity contribution in [2.75, 3.05) is 39.0 Å². The Balaban J connectivity index is 1.30. The van der Waals surface area contributed by atoms with Gasteiger partial charge in [-0.3, -0.25) is 10.1 Å². The molecular formula is C29H31Cl2N3O6S2. The first-order valence-corrected chi connectivity index (χ1v) is 17.4. The van der Waals surface area contributed by atoms with Crippen LogP contribution >= 0.6 is 23.2 Å². The third-order valence-corrected chi connectivity index (χ3v) is 13.1. The molecule has 2 heterocycles. The molecule has 0 radical (unpaired) electrons. The Kier molecular flexibility index (Phi) is 8.73. The molecule has 0 aliphatic carbocycles. The highest BCUT2D eigenvalue weighted by molar-refractivity contribution is 7.91. The number of sulfonamides is 1. The van der Waals surface area contributed by atoms with Crippen LogP contribution in [0.3, 0.4) is 0 Å². The van der Waals surface area contributed by atoms with Crippen molar-refractivity contribution in [3.63, 3.8) is 0 Å². The Hall–Kier alpha value is -2.54. The first-order chi connectivity index (χ1) is 19.8. The summed E-state index contributed by atoms with van der Waals surface area (Å²) in [5.74, 6) is -0.0780. The van der Waals surface area contributed by atoms with Gasteiger partial charge in [-0.25, -0.2) is 21.1 Å². The van der Waals surface area contributed by atoms with E-state index in [1.54, 1.807) is 24.3 Å². The second-order valence-electron chi connectivity index (χ2n) is 11.1. The van der Waals surface area contributed by atoms with E-state index in [1.807, 2.05) is 18.2 Å². The van der Waals surface area contributed by atoms with Crippen LogP contribution in [0.4, 0.5) is 5.69 Å². The van der Waals surface area contributed by atoms with Gasteiger partial charge < -0.3 is 4.90 Å². The van der Waals surface area contributed by atoms with Crippen molar-refractivity contribution in [3.8, 4) is 0 Å². The van der Waals surface area contributed by atoms with Crippen molar-refractivity contribution in [1.29, 1.82) is 0 Å². The molecule has 1 saturated heterocycles. The molecule has 0 aromatic heterocycles. The smallest absolute Gasteiger partial charge is 0.269 e. The van der Waals surface area contributed by atoms with Crippen molar-refractivity contribution in [1.82, 2.24) is 9.21 Å². The molecule has 0 saturated carbocycles. The van der Waals surface area contributed by atoms with Crippen LogP contribution < -0.4 is 0 Å². The summed E-state index contributed by atoms with van der Waals surface area (Å²) >= 11 is 12.5. The van der Waals surface area contributed by atoms with Gasteiger partial charge in [0.15, 0.2) is 9.84 Å². The summed E-state index contributed by atoms with van der Waals surface area (Å²) < 4.78 is 53.7. The lowest BCUT2D eigenvalue weighted by Crippen LogP contribution is -2.44. The zero-order valence-corrected chi connectivity index (χ0v) is 26.1. The number of benzene rings is 3. The maximum absolute atomic E-state index is 13.4. The minimum atomic E-state index is -3.92. The Bertz CT molecular complexity index is 1710. The van der Waals surface area contributed by atoms with Gasteiger partial charge in [0, 0.05) is 31.1 Å². The molecular weight excluding hydrogens is 621 g/mol. The van der Waals surface area contributed by atoms with E-state index in [0.717, 1.165) is 37.1 Å².